The summed E-state index contributed by atoms with van der Waals surface area (Å²) in [6.07, 6.45) is 0.0285. The Bertz CT molecular complexity index is 100. The summed E-state index contributed by atoms with van der Waals surface area (Å²) in [5, 5.41) is 0. The maximum absolute atomic E-state index is 5.33. The molecule has 0 aliphatic carbocycles. The van der Waals surface area contributed by atoms with Gasteiger partial charge < -0.3 is 9.47 Å². The van der Waals surface area contributed by atoms with Crippen molar-refractivity contribution in [2.24, 2.45) is 0 Å². The maximum Gasteiger partial charge on any atom is 0.244 e. The molecule has 2 aliphatic rings. The van der Waals surface area contributed by atoms with Gasteiger partial charge in [-0.15, -0.1) is 0 Å². The molecular weight excluding hydrogens is 163 g/mol. The fourth-order valence-corrected chi connectivity index (χ4v) is 0.469. The molecule has 0 radical (unpaired) electrons. The molecule has 54 valence electrons. The number of halogens is 2. The lowest BCUT2D eigenvalue weighted by molar-refractivity contribution is 0.398. The van der Waals surface area contributed by atoms with Gasteiger partial charge in [0.15, 0.2) is 0 Å². The second-order valence-corrected chi connectivity index (χ2v) is 3.25. The highest BCUT2D eigenvalue weighted by Crippen LogP contribution is 2.43. The van der Waals surface area contributed by atoms with Gasteiger partial charge in [-0.1, -0.05) is 23.2 Å². The van der Waals surface area contributed by atoms with Gasteiger partial charge in [-0.2, -0.15) is 0 Å². The first-order valence-corrected chi connectivity index (χ1v) is 3.52. The van der Waals surface area contributed by atoms with Crippen LogP contribution in [0.2, 0.25) is 0 Å². The molecule has 2 saturated heterocycles. The van der Waals surface area contributed by atoms with E-state index in [4.69, 9.17) is 23.2 Å². The molecule has 0 spiro atoms. The van der Waals surface area contributed by atoms with E-state index >= 15 is 0 Å². The highest BCUT2D eigenvalue weighted by molar-refractivity contribution is 6.49. The Labute approximate surface area is 64.0 Å². The van der Waals surface area contributed by atoms with Crippen molar-refractivity contribution in [3.63, 3.8) is 0 Å². The molecule has 9 heavy (non-hydrogen) atoms. The predicted octanol–water partition coefficient (Wildman–Crippen LogP) is 1.55. The average molecular weight is 171 g/mol. The van der Waals surface area contributed by atoms with Crippen LogP contribution in [0.5, 0.6) is 0 Å². The van der Waals surface area contributed by atoms with E-state index in [1.54, 1.807) is 0 Å². The van der Waals surface area contributed by atoms with Crippen molar-refractivity contribution in [1.29, 1.82) is 0 Å². The summed E-state index contributed by atoms with van der Waals surface area (Å²) in [7, 11) is 0. The number of alkyl halides is 2. The van der Waals surface area contributed by atoms with Gasteiger partial charge in [-0.3, -0.25) is 0 Å². The molecule has 0 bridgehead atoms. The smallest absolute Gasteiger partial charge is 0.244 e. The van der Waals surface area contributed by atoms with Crippen molar-refractivity contribution in [3.05, 3.63) is 0 Å². The third-order valence-electron chi connectivity index (χ3n) is 0.954. The van der Waals surface area contributed by atoms with Crippen LogP contribution in [0.1, 0.15) is 6.92 Å². The molecule has 0 aromatic carbocycles. The van der Waals surface area contributed by atoms with Crippen LogP contribution in [-0.2, 0) is 9.47 Å². The Morgan fingerprint density at radius 1 is 1.44 bits per heavy atom. The second-order valence-electron chi connectivity index (χ2n) is 1.93. The largest absolute Gasteiger partial charge is 0.377 e. The first kappa shape index (κ1) is 7.61. The van der Waals surface area contributed by atoms with E-state index in [2.05, 4.69) is 9.47 Å². The van der Waals surface area contributed by atoms with E-state index in [1.807, 2.05) is 6.92 Å². The molecule has 4 heteroatoms. The summed E-state index contributed by atoms with van der Waals surface area (Å²) in [4.78, 5) is 0. The average Bonchev–Trinajstić information content (AvgIpc) is 2.47. The SMILES string of the molecule is C1CO1.CC1OC1(Cl)Cl. The Morgan fingerprint density at radius 3 is 1.67 bits per heavy atom. The third-order valence-corrected chi connectivity index (χ3v) is 1.75. The highest BCUT2D eigenvalue weighted by Gasteiger charge is 2.50. The second kappa shape index (κ2) is 2.62. The standard InChI is InChI=1S/C3H4Cl2O.C2H4O/c1-2-3(4,5)6-2;1-2-3-1/h2H,1H3;1-2H2. The number of hydrogen-bond acceptors (Lipinski definition) is 2. The van der Waals surface area contributed by atoms with Crippen LogP contribution in [0.25, 0.3) is 0 Å². The summed E-state index contributed by atoms with van der Waals surface area (Å²) in [5.41, 5.74) is 0. The molecule has 2 nitrogen and oxygen atoms in total. The fourth-order valence-electron chi connectivity index (χ4n) is 0.202. The van der Waals surface area contributed by atoms with E-state index in [-0.39, 0.29) is 6.10 Å². The summed E-state index contributed by atoms with van der Waals surface area (Å²) >= 11 is 10.7. The lowest BCUT2D eigenvalue weighted by atomic mass is 10.6. The Hall–Kier alpha value is 0.500. The van der Waals surface area contributed by atoms with Crippen molar-refractivity contribution in [2.75, 3.05) is 13.2 Å². The molecule has 1 unspecified atom stereocenters. The fraction of sp³-hybridized carbons (Fsp3) is 1.00. The van der Waals surface area contributed by atoms with Crippen LogP contribution in [0, 0.1) is 0 Å². The maximum atomic E-state index is 5.33. The van der Waals surface area contributed by atoms with Gasteiger partial charge >= 0.3 is 0 Å². The molecular formula is C5H8Cl2O2. The predicted molar refractivity (Wildman–Crippen MR) is 35.8 cm³/mol. The van der Waals surface area contributed by atoms with Gasteiger partial charge in [0.1, 0.15) is 6.10 Å². The minimum absolute atomic E-state index is 0.0285. The molecule has 0 saturated carbocycles. The molecule has 2 rings (SSSR count). The van der Waals surface area contributed by atoms with E-state index < -0.39 is 4.52 Å². The van der Waals surface area contributed by atoms with Crippen LogP contribution in [0.4, 0.5) is 0 Å². The van der Waals surface area contributed by atoms with Crippen molar-refractivity contribution >= 4 is 23.2 Å². The van der Waals surface area contributed by atoms with Gasteiger partial charge in [-0.05, 0) is 6.92 Å². The van der Waals surface area contributed by atoms with E-state index in [1.165, 1.54) is 0 Å². The number of hydrogen-bond donors (Lipinski definition) is 0. The van der Waals surface area contributed by atoms with Crippen molar-refractivity contribution < 1.29 is 9.47 Å². The molecule has 0 N–H and O–H groups in total. The summed E-state index contributed by atoms with van der Waals surface area (Å²) in [6, 6.07) is 0. The minimum atomic E-state index is -0.847. The lowest BCUT2D eigenvalue weighted by Gasteiger charge is -1.77. The van der Waals surface area contributed by atoms with E-state index in [0.29, 0.717) is 0 Å². The third kappa shape index (κ3) is 3.26. The first-order chi connectivity index (χ1) is 4.13. The Kier molecular flexibility index (Phi) is 2.22. The number of rotatable bonds is 0. The molecule has 1 atom stereocenters. The van der Waals surface area contributed by atoms with Crippen molar-refractivity contribution in [3.8, 4) is 0 Å². The van der Waals surface area contributed by atoms with Gasteiger partial charge in [0.25, 0.3) is 0 Å². The zero-order chi connectivity index (χ0) is 6.91. The summed E-state index contributed by atoms with van der Waals surface area (Å²) < 4.78 is 8.29. The zero-order valence-corrected chi connectivity index (χ0v) is 6.58. The number of ether oxygens (including phenoxy) is 2. The van der Waals surface area contributed by atoms with Crippen LogP contribution in [-0.4, -0.2) is 23.8 Å². The van der Waals surface area contributed by atoms with Gasteiger partial charge in [0, 0.05) is 0 Å². The number of epoxide rings is 2. The molecule has 2 aliphatic heterocycles. The highest BCUT2D eigenvalue weighted by atomic mass is 35.5. The summed E-state index contributed by atoms with van der Waals surface area (Å²) in [5.74, 6) is 0. The molecule has 0 aromatic rings. The van der Waals surface area contributed by atoms with Gasteiger partial charge in [0.05, 0.1) is 13.2 Å². The van der Waals surface area contributed by atoms with E-state index in [0.717, 1.165) is 13.2 Å². The lowest BCUT2D eigenvalue weighted by Crippen LogP contribution is -1.87. The molecule has 2 fully saturated rings. The first-order valence-electron chi connectivity index (χ1n) is 2.76. The van der Waals surface area contributed by atoms with Crippen LogP contribution < -0.4 is 0 Å². The van der Waals surface area contributed by atoms with E-state index in [9.17, 15) is 0 Å². The quantitative estimate of drug-likeness (QED) is 0.408. The van der Waals surface area contributed by atoms with Crippen molar-refractivity contribution in [2.45, 2.75) is 17.5 Å². The Balaban J connectivity index is 0.000000112. The van der Waals surface area contributed by atoms with Crippen molar-refractivity contribution in [1.82, 2.24) is 0 Å². The molecule has 0 aromatic heterocycles. The Morgan fingerprint density at radius 2 is 1.67 bits per heavy atom. The monoisotopic (exact) mass is 170 g/mol. The topological polar surface area (TPSA) is 25.1 Å². The van der Waals surface area contributed by atoms with Gasteiger partial charge in [-0.25, -0.2) is 0 Å². The molecule has 0 amide bonds. The minimum Gasteiger partial charge on any atom is -0.377 e. The summed E-state index contributed by atoms with van der Waals surface area (Å²) in [6.45, 7) is 3.82. The molecule has 2 heterocycles. The van der Waals surface area contributed by atoms with Gasteiger partial charge in [0.2, 0.25) is 4.52 Å². The normalized spacial score (nSPS) is 34.3. The van der Waals surface area contributed by atoms with Crippen LogP contribution in [0.3, 0.4) is 0 Å². The zero-order valence-electron chi connectivity index (χ0n) is 5.06. The van der Waals surface area contributed by atoms with Crippen LogP contribution in [0.15, 0.2) is 0 Å². The van der Waals surface area contributed by atoms with Crippen LogP contribution >= 0.6 is 23.2 Å².